The lowest BCUT2D eigenvalue weighted by Gasteiger charge is -2.11. The number of aliphatic hydroxyl groups excluding tert-OH is 1. The average Bonchev–Trinajstić information content (AvgIpc) is 2.00. The Bertz CT molecular complexity index is 168. The Morgan fingerprint density at radius 2 is 2.00 bits per heavy atom. The Labute approximate surface area is 62.6 Å². The molecule has 0 spiro atoms. The number of aliphatic carboxylic acids is 1. The summed E-state index contributed by atoms with van der Waals surface area (Å²) in [5.41, 5.74) is 4.97. The zero-order valence-corrected chi connectivity index (χ0v) is 5.85. The Hall–Kier alpha value is -1.14. The van der Waals surface area contributed by atoms with Crippen molar-refractivity contribution in [2.24, 2.45) is 5.73 Å². The molecule has 0 aromatic rings. The molecule has 0 aliphatic heterocycles. The SMILES string of the molecule is COC(=O)[C@@H](N)[C@H](O)C(=O)O. The van der Waals surface area contributed by atoms with Gasteiger partial charge in [0.25, 0.3) is 0 Å². The van der Waals surface area contributed by atoms with Crippen molar-refractivity contribution in [1.29, 1.82) is 0 Å². The van der Waals surface area contributed by atoms with Gasteiger partial charge >= 0.3 is 11.9 Å². The molecule has 0 heterocycles. The van der Waals surface area contributed by atoms with E-state index in [1.807, 2.05) is 0 Å². The number of carboxylic acid groups (broad SMARTS) is 1. The fourth-order valence-electron chi connectivity index (χ4n) is 0.419. The van der Waals surface area contributed by atoms with Crippen LogP contribution in [0.1, 0.15) is 0 Å². The van der Waals surface area contributed by atoms with Crippen LogP contribution in [0.2, 0.25) is 0 Å². The third-order valence-corrected chi connectivity index (χ3v) is 1.07. The molecule has 0 aliphatic carbocycles. The Morgan fingerprint density at radius 3 is 2.27 bits per heavy atom. The Balaban J connectivity index is 4.12. The fourth-order valence-corrected chi connectivity index (χ4v) is 0.419. The van der Waals surface area contributed by atoms with E-state index in [9.17, 15) is 9.59 Å². The zero-order chi connectivity index (χ0) is 9.02. The van der Waals surface area contributed by atoms with E-state index in [4.69, 9.17) is 15.9 Å². The predicted molar refractivity (Wildman–Crippen MR) is 33.6 cm³/mol. The van der Waals surface area contributed by atoms with Gasteiger partial charge in [0.1, 0.15) is 6.04 Å². The number of methoxy groups -OCH3 is 1. The van der Waals surface area contributed by atoms with E-state index >= 15 is 0 Å². The Kier molecular flexibility index (Phi) is 3.49. The van der Waals surface area contributed by atoms with Gasteiger partial charge in [-0.1, -0.05) is 0 Å². The number of esters is 1. The van der Waals surface area contributed by atoms with Crippen molar-refractivity contribution >= 4 is 11.9 Å². The van der Waals surface area contributed by atoms with Crippen LogP contribution in [-0.2, 0) is 14.3 Å². The number of nitrogens with two attached hydrogens (primary N) is 1. The minimum absolute atomic E-state index is 0.958. The predicted octanol–water partition coefficient (Wildman–Crippen LogP) is -2.07. The summed E-state index contributed by atoms with van der Waals surface area (Å²) in [5, 5.41) is 16.8. The highest BCUT2D eigenvalue weighted by Crippen LogP contribution is 1.92. The van der Waals surface area contributed by atoms with Crippen molar-refractivity contribution in [2.75, 3.05) is 7.11 Å². The summed E-state index contributed by atoms with van der Waals surface area (Å²) in [5.74, 6) is -2.51. The van der Waals surface area contributed by atoms with Gasteiger partial charge < -0.3 is 20.7 Å². The quantitative estimate of drug-likeness (QED) is 0.412. The van der Waals surface area contributed by atoms with Gasteiger partial charge in [0.15, 0.2) is 6.10 Å². The maximum Gasteiger partial charge on any atom is 0.334 e. The number of carbonyl (C=O) groups excluding carboxylic acids is 1. The third kappa shape index (κ3) is 2.52. The standard InChI is InChI=1S/C5H9NO5/c1-11-5(10)2(6)3(7)4(8)9/h2-3,7H,6H2,1H3,(H,8,9)/t2-,3-/m0/s1. The van der Waals surface area contributed by atoms with Crippen LogP contribution in [0.25, 0.3) is 0 Å². The number of carboxylic acids is 1. The average molecular weight is 163 g/mol. The molecule has 0 aromatic heterocycles. The highest BCUT2D eigenvalue weighted by molar-refractivity contribution is 5.84. The summed E-state index contributed by atoms with van der Waals surface area (Å²) in [6.07, 6.45) is -1.91. The Morgan fingerprint density at radius 1 is 1.55 bits per heavy atom. The first-order valence-electron chi connectivity index (χ1n) is 2.75. The van der Waals surface area contributed by atoms with Gasteiger partial charge in [-0.2, -0.15) is 0 Å². The van der Waals surface area contributed by atoms with E-state index in [0.29, 0.717) is 0 Å². The summed E-state index contributed by atoms with van der Waals surface area (Å²) in [4.78, 5) is 20.5. The van der Waals surface area contributed by atoms with Gasteiger partial charge in [-0.25, -0.2) is 4.79 Å². The minimum Gasteiger partial charge on any atom is -0.479 e. The van der Waals surface area contributed by atoms with Crippen molar-refractivity contribution in [3.63, 3.8) is 0 Å². The molecule has 6 nitrogen and oxygen atoms in total. The molecule has 4 N–H and O–H groups in total. The van der Waals surface area contributed by atoms with Crippen LogP contribution >= 0.6 is 0 Å². The number of aliphatic hydroxyl groups is 1. The minimum atomic E-state index is -1.91. The molecule has 0 saturated heterocycles. The normalized spacial score (nSPS) is 15.2. The topological polar surface area (TPSA) is 110 Å². The second-order valence-corrected chi connectivity index (χ2v) is 1.83. The van der Waals surface area contributed by atoms with Crippen molar-refractivity contribution in [1.82, 2.24) is 0 Å². The molecule has 0 fully saturated rings. The van der Waals surface area contributed by atoms with Gasteiger partial charge in [0, 0.05) is 0 Å². The summed E-state index contributed by atoms with van der Waals surface area (Å²) >= 11 is 0. The molecule has 0 radical (unpaired) electrons. The monoisotopic (exact) mass is 163 g/mol. The van der Waals surface area contributed by atoms with E-state index in [0.717, 1.165) is 7.11 Å². The molecule has 2 atom stereocenters. The molecule has 0 bridgehead atoms. The van der Waals surface area contributed by atoms with Crippen LogP contribution in [-0.4, -0.2) is 41.4 Å². The molecule has 0 rings (SSSR count). The molecule has 0 amide bonds. The number of carbonyl (C=O) groups is 2. The maximum atomic E-state index is 10.5. The van der Waals surface area contributed by atoms with Crippen molar-refractivity contribution in [3.8, 4) is 0 Å². The smallest absolute Gasteiger partial charge is 0.334 e. The lowest BCUT2D eigenvalue weighted by Crippen LogP contribution is -2.46. The van der Waals surface area contributed by atoms with Crippen LogP contribution in [0.15, 0.2) is 0 Å². The number of hydrogen-bond donors (Lipinski definition) is 3. The molecule has 0 unspecified atom stereocenters. The molecular weight excluding hydrogens is 154 g/mol. The molecule has 0 aliphatic rings. The summed E-state index contributed by atoms with van der Waals surface area (Å²) in [6.45, 7) is 0. The van der Waals surface area contributed by atoms with Crippen molar-refractivity contribution in [3.05, 3.63) is 0 Å². The highest BCUT2D eigenvalue weighted by Gasteiger charge is 2.28. The van der Waals surface area contributed by atoms with E-state index in [1.54, 1.807) is 0 Å². The summed E-state index contributed by atoms with van der Waals surface area (Å²) in [6, 6.07) is -1.53. The lowest BCUT2D eigenvalue weighted by atomic mass is 10.2. The van der Waals surface area contributed by atoms with Crippen LogP contribution in [0.4, 0.5) is 0 Å². The third-order valence-electron chi connectivity index (χ3n) is 1.07. The number of ether oxygens (including phenoxy) is 1. The first-order chi connectivity index (χ1) is 5.00. The van der Waals surface area contributed by atoms with Gasteiger partial charge in [-0.05, 0) is 0 Å². The summed E-state index contributed by atoms with van der Waals surface area (Å²) in [7, 11) is 1.05. The van der Waals surface area contributed by atoms with Gasteiger partial charge in [-0.3, -0.25) is 4.79 Å². The maximum absolute atomic E-state index is 10.5. The molecule has 0 saturated carbocycles. The van der Waals surface area contributed by atoms with Crippen LogP contribution in [0, 0.1) is 0 Å². The molecule has 64 valence electrons. The van der Waals surface area contributed by atoms with Crippen LogP contribution in [0.5, 0.6) is 0 Å². The van der Waals surface area contributed by atoms with E-state index in [-0.39, 0.29) is 0 Å². The van der Waals surface area contributed by atoms with E-state index in [2.05, 4.69) is 4.74 Å². The fraction of sp³-hybridized carbons (Fsp3) is 0.600. The molecule has 6 heteroatoms. The van der Waals surface area contributed by atoms with E-state index in [1.165, 1.54) is 0 Å². The largest absolute Gasteiger partial charge is 0.479 e. The first kappa shape index (κ1) is 9.86. The second-order valence-electron chi connectivity index (χ2n) is 1.83. The first-order valence-corrected chi connectivity index (χ1v) is 2.75. The molecule has 11 heavy (non-hydrogen) atoms. The van der Waals surface area contributed by atoms with Gasteiger partial charge in [0.2, 0.25) is 0 Å². The molecular formula is C5H9NO5. The van der Waals surface area contributed by atoms with Gasteiger partial charge in [0.05, 0.1) is 7.11 Å². The van der Waals surface area contributed by atoms with Crippen LogP contribution in [0.3, 0.4) is 0 Å². The summed E-state index contributed by atoms with van der Waals surface area (Å²) < 4.78 is 4.10. The highest BCUT2D eigenvalue weighted by atomic mass is 16.5. The van der Waals surface area contributed by atoms with Crippen LogP contribution < -0.4 is 5.73 Å². The zero-order valence-electron chi connectivity index (χ0n) is 5.85. The molecule has 0 aromatic carbocycles. The van der Waals surface area contributed by atoms with Gasteiger partial charge in [-0.15, -0.1) is 0 Å². The van der Waals surface area contributed by atoms with Crippen molar-refractivity contribution < 1.29 is 24.5 Å². The van der Waals surface area contributed by atoms with Crippen molar-refractivity contribution in [2.45, 2.75) is 12.1 Å². The second kappa shape index (κ2) is 3.89. The number of rotatable bonds is 3. The number of hydrogen-bond acceptors (Lipinski definition) is 5. The lowest BCUT2D eigenvalue weighted by molar-refractivity contribution is -0.156. The van der Waals surface area contributed by atoms with E-state index < -0.39 is 24.1 Å².